The molecule has 3 amide bonds. The van der Waals surface area contributed by atoms with Crippen LogP contribution in [0.3, 0.4) is 0 Å². The van der Waals surface area contributed by atoms with Crippen molar-refractivity contribution in [2.45, 2.75) is 68.5 Å². The average Bonchev–Trinajstić information content (AvgIpc) is 3.78. The molecule has 3 saturated heterocycles. The fraction of sp³-hybridized carbons (Fsp3) is 0.429. The van der Waals surface area contributed by atoms with Gasteiger partial charge in [0.1, 0.15) is 12.1 Å². The summed E-state index contributed by atoms with van der Waals surface area (Å²) < 4.78 is 38.0. The quantitative estimate of drug-likeness (QED) is 0.325. The largest absolute Gasteiger partial charge is 0.490 e. The molecular weight excluding hydrogens is 659 g/mol. The number of H-pyrrole nitrogens is 1. The van der Waals surface area contributed by atoms with Crippen LogP contribution in [0.1, 0.15) is 36.5 Å². The van der Waals surface area contributed by atoms with Crippen molar-refractivity contribution in [3.63, 3.8) is 0 Å². The van der Waals surface area contributed by atoms with Crippen molar-refractivity contribution in [3.8, 4) is 0 Å². The number of fused-ring (bicyclic) bond motifs is 5. The van der Waals surface area contributed by atoms with E-state index in [2.05, 4.69) is 33.5 Å². The van der Waals surface area contributed by atoms with E-state index in [9.17, 15) is 32.7 Å². The number of benzene rings is 2. The SMILES string of the molecule is CN1C[C@@H](C(=O)N[C@]2(C)O[C@@]3(O)[C@@H]4CCCN4C(=O)[C@H](Cc4ccccc4)N3C2=O)C=C2c3cccc4[nH]cc(c34)C[C@H]21.O=C(O)C(F)(F)F. The van der Waals surface area contributed by atoms with Crippen molar-refractivity contribution in [1.29, 1.82) is 0 Å². The number of carbonyl (C=O) groups is 4. The lowest BCUT2D eigenvalue weighted by Gasteiger charge is -2.48. The monoisotopic (exact) mass is 695 g/mol. The van der Waals surface area contributed by atoms with Crippen molar-refractivity contribution in [3.05, 3.63) is 77.5 Å². The number of aliphatic carboxylic acids is 1. The second kappa shape index (κ2) is 12.0. The second-order valence-electron chi connectivity index (χ2n) is 13.6. The van der Waals surface area contributed by atoms with Crippen LogP contribution in [0.5, 0.6) is 0 Å². The molecule has 12 nitrogen and oxygen atoms in total. The molecule has 3 aromatic rings. The van der Waals surface area contributed by atoms with Gasteiger partial charge in [0, 0.05) is 42.7 Å². The van der Waals surface area contributed by atoms with Crippen LogP contribution in [0.25, 0.3) is 16.5 Å². The van der Waals surface area contributed by atoms with Crippen molar-refractivity contribution in [1.82, 2.24) is 25.0 Å². The number of alkyl halides is 3. The lowest BCUT2D eigenvalue weighted by molar-refractivity contribution is -0.315. The standard InChI is InChI=1S/C33H35N5O5.C2HF3O2/c1-32(35-29(39)21-15-23-22-10-6-11-24-28(22)20(17-34-24)16-25(23)36(2)18-21)31(41)38-26(14-19-8-4-3-5-9-19)30(40)37-13-7-12-27(37)33(38,42)43-32;3-2(4,5)1(6)7/h3-6,8-11,15,17,21,25-27,34,42H,7,12-14,16,18H2,1-2H3,(H,35,39);(H,6,7)/t21-,25+,26-,27-,32+,33-;/m0./s1. The summed E-state index contributed by atoms with van der Waals surface area (Å²) in [6, 6.07) is 14.1. The smallest absolute Gasteiger partial charge is 0.475 e. The van der Waals surface area contributed by atoms with E-state index >= 15 is 0 Å². The number of nitrogens with one attached hydrogen (secondary N) is 2. The molecule has 1 aliphatic carbocycles. The van der Waals surface area contributed by atoms with Crippen LogP contribution in [0, 0.1) is 5.92 Å². The number of carbonyl (C=O) groups excluding carboxylic acids is 3. The molecule has 5 aliphatic rings. The maximum atomic E-state index is 14.2. The van der Waals surface area contributed by atoms with Gasteiger partial charge in [0.2, 0.25) is 17.5 Å². The maximum absolute atomic E-state index is 14.2. The minimum Gasteiger partial charge on any atom is -0.475 e. The Morgan fingerprint density at radius 3 is 2.54 bits per heavy atom. The van der Waals surface area contributed by atoms with Gasteiger partial charge in [-0.3, -0.25) is 28.9 Å². The van der Waals surface area contributed by atoms with Gasteiger partial charge in [-0.25, -0.2) is 4.79 Å². The van der Waals surface area contributed by atoms with E-state index in [0.717, 1.165) is 28.6 Å². The first-order valence-corrected chi connectivity index (χ1v) is 16.4. The predicted molar refractivity (Wildman–Crippen MR) is 172 cm³/mol. The van der Waals surface area contributed by atoms with Gasteiger partial charge >= 0.3 is 12.1 Å². The van der Waals surface area contributed by atoms with Gasteiger partial charge in [0.05, 0.1) is 5.92 Å². The molecule has 4 aliphatic heterocycles. The van der Waals surface area contributed by atoms with Crippen molar-refractivity contribution < 1.29 is 47.3 Å². The van der Waals surface area contributed by atoms with Gasteiger partial charge in [-0.05, 0) is 61.6 Å². The lowest BCUT2D eigenvalue weighted by Crippen LogP contribution is -2.71. The topological polar surface area (TPSA) is 156 Å². The van der Waals surface area contributed by atoms with Gasteiger partial charge in [-0.15, -0.1) is 0 Å². The number of carboxylic acids is 1. The number of piperazine rings is 1. The Morgan fingerprint density at radius 2 is 1.84 bits per heavy atom. The number of hydrogen-bond acceptors (Lipinski definition) is 7. The zero-order valence-electron chi connectivity index (χ0n) is 27.2. The molecule has 0 unspecified atom stereocenters. The summed E-state index contributed by atoms with van der Waals surface area (Å²) in [5.41, 5.74) is 3.58. The van der Waals surface area contributed by atoms with Gasteiger partial charge < -0.3 is 25.4 Å². The van der Waals surface area contributed by atoms with Crippen LogP contribution < -0.4 is 5.32 Å². The molecule has 0 radical (unpaired) electrons. The molecule has 8 rings (SSSR count). The molecule has 50 heavy (non-hydrogen) atoms. The number of aromatic amines is 1. The van der Waals surface area contributed by atoms with Crippen LogP contribution in [0.15, 0.2) is 60.8 Å². The molecule has 15 heteroatoms. The van der Waals surface area contributed by atoms with Crippen molar-refractivity contribution in [2.24, 2.45) is 5.92 Å². The fourth-order valence-corrected chi connectivity index (χ4v) is 8.12. The molecule has 0 spiro atoms. The number of aromatic nitrogens is 1. The highest BCUT2D eigenvalue weighted by molar-refractivity contribution is 6.01. The number of amides is 3. The predicted octanol–water partition coefficient (Wildman–Crippen LogP) is 2.62. The van der Waals surface area contributed by atoms with Gasteiger partial charge in [0.25, 0.3) is 11.8 Å². The fourth-order valence-electron chi connectivity index (χ4n) is 8.12. The lowest BCUT2D eigenvalue weighted by atomic mass is 9.79. The molecular formula is C35H36F3N5O7. The number of ether oxygens (including phenoxy) is 1. The molecule has 0 saturated carbocycles. The molecule has 5 heterocycles. The van der Waals surface area contributed by atoms with E-state index in [1.54, 1.807) is 4.90 Å². The molecule has 4 N–H and O–H groups in total. The Kier molecular flexibility index (Phi) is 8.07. The first-order chi connectivity index (χ1) is 23.6. The maximum Gasteiger partial charge on any atom is 0.490 e. The first-order valence-electron chi connectivity index (χ1n) is 16.4. The highest BCUT2D eigenvalue weighted by atomic mass is 19.4. The number of hydrogen-bond donors (Lipinski definition) is 4. The molecule has 264 valence electrons. The Hall–Kier alpha value is -4.73. The number of aliphatic hydroxyl groups is 1. The van der Waals surface area contributed by atoms with Gasteiger partial charge in [-0.2, -0.15) is 13.2 Å². The number of nitrogens with zero attached hydrogens (tertiary/aromatic N) is 3. The van der Waals surface area contributed by atoms with E-state index in [1.165, 1.54) is 22.8 Å². The summed E-state index contributed by atoms with van der Waals surface area (Å²) in [5, 5.41) is 23.2. The van der Waals surface area contributed by atoms with Crippen LogP contribution >= 0.6 is 0 Å². The van der Waals surface area contributed by atoms with Crippen LogP contribution in [-0.2, 0) is 36.8 Å². The summed E-state index contributed by atoms with van der Waals surface area (Å²) in [4.78, 5) is 59.1. The summed E-state index contributed by atoms with van der Waals surface area (Å²) in [7, 11) is 2.02. The molecule has 0 bridgehead atoms. The summed E-state index contributed by atoms with van der Waals surface area (Å²) in [5.74, 6) is -6.52. The molecule has 1 aromatic heterocycles. The van der Waals surface area contributed by atoms with Crippen molar-refractivity contribution >= 4 is 40.2 Å². The zero-order valence-corrected chi connectivity index (χ0v) is 27.2. The van der Waals surface area contributed by atoms with Crippen molar-refractivity contribution in [2.75, 3.05) is 20.1 Å². The number of rotatable bonds is 4. The molecule has 6 atom stereocenters. The number of halogens is 3. The van der Waals surface area contributed by atoms with E-state index in [0.29, 0.717) is 25.9 Å². The summed E-state index contributed by atoms with van der Waals surface area (Å²) >= 11 is 0. The van der Waals surface area contributed by atoms with E-state index in [-0.39, 0.29) is 24.3 Å². The van der Waals surface area contributed by atoms with Gasteiger partial charge in [-0.1, -0.05) is 48.5 Å². The molecule has 2 aromatic carbocycles. The van der Waals surface area contributed by atoms with Crippen LogP contribution in [0.2, 0.25) is 0 Å². The third-order valence-electron chi connectivity index (χ3n) is 10.4. The highest BCUT2D eigenvalue weighted by Crippen LogP contribution is 2.46. The first kappa shape index (κ1) is 33.8. The minimum absolute atomic E-state index is 0.144. The Bertz CT molecular complexity index is 1910. The second-order valence-corrected chi connectivity index (χ2v) is 13.6. The number of likely N-dealkylation sites (N-methyl/N-ethyl adjacent to an activating group) is 1. The Morgan fingerprint density at radius 1 is 1.12 bits per heavy atom. The minimum atomic E-state index is -5.08. The molecule has 3 fully saturated rings. The summed E-state index contributed by atoms with van der Waals surface area (Å²) in [6.45, 7) is 2.45. The van der Waals surface area contributed by atoms with Crippen LogP contribution in [-0.4, -0.2) is 110 Å². The zero-order chi connectivity index (χ0) is 35.7. The van der Waals surface area contributed by atoms with Gasteiger partial charge in [0.15, 0.2) is 0 Å². The van der Waals surface area contributed by atoms with Crippen LogP contribution in [0.4, 0.5) is 13.2 Å². The Balaban J connectivity index is 0.000000510. The normalized spacial score (nSPS) is 30.2. The number of carboxylic acid groups (broad SMARTS) is 1. The van der Waals surface area contributed by atoms with E-state index in [1.807, 2.05) is 49.5 Å². The Labute approximate surface area is 284 Å². The highest BCUT2D eigenvalue weighted by Gasteiger charge is 2.70. The van der Waals surface area contributed by atoms with E-state index in [4.69, 9.17) is 14.6 Å². The average molecular weight is 696 g/mol. The summed E-state index contributed by atoms with van der Waals surface area (Å²) in [6.07, 6.45) is 1.30. The van der Waals surface area contributed by atoms with E-state index < -0.39 is 47.7 Å². The third kappa shape index (κ3) is 5.43. The third-order valence-corrected chi connectivity index (χ3v) is 10.4.